The van der Waals surface area contributed by atoms with Crippen molar-refractivity contribution in [3.05, 3.63) is 53.1 Å². The van der Waals surface area contributed by atoms with Gasteiger partial charge in [0.25, 0.3) is 5.91 Å². The van der Waals surface area contributed by atoms with E-state index in [0.29, 0.717) is 48.7 Å². The van der Waals surface area contributed by atoms with Crippen LogP contribution in [0.3, 0.4) is 0 Å². The number of ketones is 1. The molecule has 0 bridgehead atoms. The number of piperidine rings is 1. The Balaban J connectivity index is 1.46. The van der Waals surface area contributed by atoms with E-state index in [-0.39, 0.29) is 55.8 Å². The van der Waals surface area contributed by atoms with E-state index in [2.05, 4.69) is 0 Å². The average molecular weight is 509 g/mol. The SMILES string of the molecule is CCOC(=O)C1CCCN(C(=O)CN2C(=O)COc3ccc(C(=O)COc4ccc(C)cc4C)cc32)C1. The second-order valence-electron chi connectivity index (χ2n) is 9.36. The maximum atomic E-state index is 13.1. The molecule has 1 saturated heterocycles. The molecule has 2 aliphatic rings. The number of carbonyl (C=O) groups is 4. The highest BCUT2D eigenvalue weighted by Crippen LogP contribution is 2.33. The van der Waals surface area contributed by atoms with Gasteiger partial charge < -0.3 is 19.1 Å². The van der Waals surface area contributed by atoms with E-state index in [1.807, 2.05) is 32.0 Å². The van der Waals surface area contributed by atoms with Gasteiger partial charge in [-0.2, -0.15) is 0 Å². The van der Waals surface area contributed by atoms with Crippen LogP contribution in [0.1, 0.15) is 41.3 Å². The number of benzene rings is 2. The Morgan fingerprint density at radius 1 is 1.11 bits per heavy atom. The summed E-state index contributed by atoms with van der Waals surface area (Å²) in [4.78, 5) is 53.9. The van der Waals surface area contributed by atoms with Crippen LogP contribution in [0.5, 0.6) is 11.5 Å². The summed E-state index contributed by atoms with van der Waals surface area (Å²) < 4.78 is 16.4. The van der Waals surface area contributed by atoms with Crippen molar-refractivity contribution >= 4 is 29.3 Å². The number of Topliss-reactive ketones (excluding diaryl/α,β-unsaturated/α-hetero) is 1. The van der Waals surface area contributed by atoms with Crippen molar-refractivity contribution in [2.24, 2.45) is 5.92 Å². The Morgan fingerprint density at radius 2 is 1.92 bits per heavy atom. The van der Waals surface area contributed by atoms with E-state index < -0.39 is 0 Å². The quantitative estimate of drug-likeness (QED) is 0.399. The monoisotopic (exact) mass is 508 g/mol. The molecule has 0 aliphatic carbocycles. The fourth-order valence-corrected chi connectivity index (χ4v) is 4.63. The highest BCUT2D eigenvalue weighted by molar-refractivity contribution is 6.04. The number of hydrogen-bond donors (Lipinski definition) is 0. The molecule has 2 aliphatic heterocycles. The van der Waals surface area contributed by atoms with Gasteiger partial charge in [0.2, 0.25) is 5.91 Å². The van der Waals surface area contributed by atoms with Crippen LogP contribution < -0.4 is 14.4 Å². The predicted octanol–water partition coefficient (Wildman–Crippen LogP) is 3.09. The van der Waals surface area contributed by atoms with Crippen LogP contribution in [0.4, 0.5) is 5.69 Å². The lowest BCUT2D eigenvalue weighted by molar-refractivity contribution is -0.151. The minimum absolute atomic E-state index is 0.167. The van der Waals surface area contributed by atoms with Crippen molar-refractivity contribution < 1.29 is 33.4 Å². The van der Waals surface area contributed by atoms with Gasteiger partial charge in [0.15, 0.2) is 19.0 Å². The molecule has 1 fully saturated rings. The second-order valence-corrected chi connectivity index (χ2v) is 9.36. The smallest absolute Gasteiger partial charge is 0.310 e. The molecule has 1 atom stereocenters. The van der Waals surface area contributed by atoms with Crippen molar-refractivity contribution in [2.45, 2.75) is 33.6 Å². The molecule has 0 radical (unpaired) electrons. The lowest BCUT2D eigenvalue weighted by Gasteiger charge is -2.34. The lowest BCUT2D eigenvalue weighted by atomic mass is 9.98. The first-order valence-electron chi connectivity index (χ1n) is 12.5. The molecule has 0 N–H and O–H groups in total. The molecule has 0 saturated carbocycles. The molecule has 0 aromatic heterocycles. The van der Waals surface area contributed by atoms with Gasteiger partial charge >= 0.3 is 5.97 Å². The molecule has 4 rings (SSSR count). The topological polar surface area (TPSA) is 102 Å². The molecule has 2 aromatic carbocycles. The van der Waals surface area contributed by atoms with Gasteiger partial charge in [-0.25, -0.2) is 0 Å². The number of aryl methyl sites for hydroxylation is 2. The molecule has 37 heavy (non-hydrogen) atoms. The Kier molecular flexibility index (Phi) is 8.11. The maximum absolute atomic E-state index is 13.1. The van der Waals surface area contributed by atoms with Crippen LogP contribution >= 0.6 is 0 Å². The number of rotatable bonds is 8. The summed E-state index contributed by atoms with van der Waals surface area (Å²) in [6, 6.07) is 10.5. The number of nitrogens with zero attached hydrogens (tertiary/aromatic N) is 2. The summed E-state index contributed by atoms with van der Waals surface area (Å²) in [7, 11) is 0. The second kappa shape index (κ2) is 11.5. The number of anilines is 1. The zero-order valence-corrected chi connectivity index (χ0v) is 21.5. The largest absolute Gasteiger partial charge is 0.485 e. The van der Waals surface area contributed by atoms with Crippen molar-refractivity contribution in [3.8, 4) is 11.5 Å². The van der Waals surface area contributed by atoms with Gasteiger partial charge in [0, 0.05) is 18.7 Å². The number of amides is 2. The van der Waals surface area contributed by atoms with Gasteiger partial charge in [-0.15, -0.1) is 0 Å². The molecule has 9 heteroatoms. The summed E-state index contributed by atoms with van der Waals surface area (Å²) in [5.41, 5.74) is 2.75. The first-order valence-corrected chi connectivity index (χ1v) is 12.5. The molecule has 1 unspecified atom stereocenters. The van der Waals surface area contributed by atoms with Crippen LogP contribution in [0.15, 0.2) is 36.4 Å². The fraction of sp³-hybridized carbons (Fsp3) is 0.429. The summed E-state index contributed by atoms with van der Waals surface area (Å²) in [5, 5.41) is 0. The minimum Gasteiger partial charge on any atom is -0.485 e. The van der Waals surface area contributed by atoms with E-state index in [0.717, 1.165) is 11.1 Å². The lowest BCUT2D eigenvalue weighted by Crippen LogP contribution is -2.49. The van der Waals surface area contributed by atoms with Crippen molar-refractivity contribution in [2.75, 3.05) is 44.4 Å². The van der Waals surface area contributed by atoms with Crippen molar-refractivity contribution in [1.82, 2.24) is 4.90 Å². The average Bonchev–Trinajstić information content (AvgIpc) is 2.89. The molecule has 9 nitrogen and oxygen atoms in total. The Hall–Kier alpha value is -3.88. The van der Waals surface area contributed by atoms with Gasteiger partial charge in [-0.1, -0.05) is 17.7 Å². The zero-order chi connectivity index (χ0) is 26.5. The molecule has 2 amide bonds. The van der Waals surface area contributed by atoms with Crippen molar-refractivity contribution in [1.29, 1.82) is 0 Å². The third-order valence-electron chi connectivity index (χ3n) is 6.60. The van der Waals surface area contributed by atoms with E-state index in [4.69, 9.17) is 14.2 Å². The van der Waals surface area contributed by atoms with Gasteiger partial charge in [-0.3, -0.25) is 24.1 Å². The number of esters is 1. The molecule has 196 valence electrons. The van der Waals surface area contributed by atoms with Crippen LogP contribution in [0, 0.1) is 19.8 Å². The van der Waals surface area contributed by atoms with Gasteiger partial charge in [-0.05, 0) is 63.4 Å². The van der Waals surface area contributed by atoms with E-state index >= 15 is 0 Å². The summed E-state index contributed by atoms with van der Waals surface area (Å²) in [5.74, 6) is -0.542. The number of hydrogen-bond acceptors (Lipinski definition) is 7. The Bertz CT molecular complexity index is 1210. The Labute approximate surface area is 216 Å². The summed E-state index contributed by atoms with van der Waals surface area (Å²) in [6.07, 6.45) is 1.35. The Morgan fingerprint density at radius 3 is 2.68 bits per heavy atom. The van der Waals surface area contributed by atoms with Gasteiger partial charge in [0.1, 0.15) is 18.0 Å². The minimum atomic E-state index is -0.379. The molecular formula is C28H32N2O7. The number of likely N-dealkylation sites (tertiary alicyclic amines) is 1. The highest BCUT2D eigenvalue weighted by Gasteiger charge is 2.33. The first-order chi connectivity index (χ1) is 17.8. The zero-order valence-electron chi connectivity index (χ0n) is 21.5. The number of carbonyl (C=O) groups excluding carboxylic acids is 4. The normalized spacial score (nSPS) is 17.1. The van der Waals surface area contributed by atoms with E-state index in [9.17, 15) is 19.2 Å². The maximum Gasteiger partial charge on any atom is 0.310 e. The number of fused-ring (bicyclic) bond motifs is 1. The molecular weight excluding hydrogens is 476 g/mol. The number of ether oxygens (including phenoxy) is 3. The van der Waals surface area contributed by atoms with Crippen LogP contribution in [0.25, 0.3) is 0 Å². The third-order valence-corrected chi connectivity index (χ3v) is 6.60. The van der Waals surface area contributed by atoms with Crippen molar-refractivity contribution in [3.63, 3.8) is 0 Å². The molecule has 0 spiro atoms. The van der Waals surface area contributed by atoms with Gasteiger partial charge in [0.05, 0.1) is 18.2 Å². The first kappa shape index (κ1) is 26.2. The van der Waals surface area contributed by atoms with Crippen LogP contribution in [-0.4, -0.2) is 67.9 Å². The third kappa shape index (κ3) is 6.10. The van der Waals surface area contributed by atoms with E-state index in [1.165, 1.54) is 4.90 Å². The standard InChI is InChI=1S/C28H32N2O7/c1-4-35-28(34)21-6-5-11-29(14-21)26(32)15-30-22-13-20(8-10-25(22)37-17-27(30)33)23(31)16-36-24-9-7-18(2)12-19(24)3/h7-10,12-13,21H,4-6,11,14-17H2,1-3H3. The van der Waals surface area contributed by atoms with Crippen LogP contribution in [0.2, 0.25) is 0 Å². The highest BCUT2D eigenvalue weighted by atomic mass is 16.5. The molecule has 2 heterocycles. The van der Waals surface area contributed by atoms with Crippen LogP contribution in [-0.2, 0) is 19.1 Å². The molecule has 2 aromatic rings. The predicted molar refractivity (Wildman–Crippen MR) is 136 cm³/mol. The fourth-order valence-electron chi connectivity index (χ4n) is 4.63. The summed E-state index contributed by atoms with van der Waals surface area (Å²) >= 11 is 0. The van der Waals surface area contributed by atoms with E-state index in [1.54, 1.807) is 30.0 Å². The summed E-state index contributed by atoms with van der Waals surface area (Å²) in [6.45, 7) is 6.14.